The lowest BCUT2D eigenvalue weighted by Crippen LogP contribution is -2.37. The largest absolute Gasteiger partial charge is 0.378 e. The average Bonchev–Trinajstić information content (AvgIpc) is 3.14. The van der Waals surface area contributed by atoms with Crippen molar-refractivity contribution in [3.63, 3.8) is 0 Å². The Morgan fingerprint density at radius 2 is 1.89 bits per heavy atom. The molecule has 0 N–H and O–H groups in total. The van der Waals surface area contributed by atoms with Gasteiger partial charge in [0, 0.05) is 45.5 Å². The lowest BCUT2D eigenvalue weighted by molar-refractivity contribution is 0.0503. The standard InChI is InChI=1S/C21H24F2N2O2/c1-24(2)17-8-5-15(6-9-17)13-25(14-18-4-3-11-27-18)21(26)19-10-7-16(22)12-20(19)23/h5-10,12,18H,3-4,11,13-14H2,1-2H3. The fourth-order valence-electron chi connectivity index (χ4n) is 3.21. The Bertz CT molecular complexity index is 787. The Morgan fingerprint density at radius 1 is 1.15 bits per heavy atom. The number of amides is 1. The average molecular weight is 374 g/mol. The molecule has 3 rings (SSSR count). The maximum absolute atomic E-state index is 14.1. The normalized spacial score (nSPS) is 16.4. The Morgan fingerprint density at radius 3 is 2.48 bits per heavy atom. The van der Waals surface area contributed by atoms with Crippen LogP contribution < -0.4 is 4.90 Å². The SMILES string of the molecule is CN(C)c1ccc(CN(CC2CCCO2)C(=O)c2ccc(F)cc2F)cc1. The van der Waals surface area contributed by atoms with Crippen LogP contribution in [0.15, 0.2) is 42.5 Å². The minimum atomic E-state index is -0.847. The van der Waals surface area contributed by atoms with Crippen molar-refractivity contribution in [1.82, 2.24) is 4.90 Å². The molecule has 0 saturated carbocycles. The van der Waals surface area contributed by atoms with E-state index in [4.69, 9.17) is 4.74 Å². The summed E-state index contributed by atoms with van der Waals surface area (Å²) in [6.07, 6.45) is 1.77. The lowest BCUT2D eigenvalue weighted by Gasteiger charge is -2.26. The van der Waals surface area contributed by atoms with E-state index in [1.807, 2.05) is 43.3 Å². The highest BCUT2D eigenvalue weighted by molar-refractivity contribution is 5.94. The van der Waals surface area contributed by atoms with Gasteiger partial charge in [-0.3, -0.25) is 4.79 Å². The van der Waals surface area contributed by atoms with Gasteiger partial charge in [-0.05, 0) is 42.7 Å². The second-order valence-corrected chi connectivity index (χ2v) is 7.01. The molecule has 0 aliphatic carbocycles. The first-order chi connectivity index (χ1) is 12.9. The van der Waals surface area contributed by atoms with E-state index in [0.29, 0.717) is 19.7 Å². The van der Waals surface area contributed by atoms with Crippen LogP contribution in [-0.4, -0.2) is 44.2 Å². The summed E-state index contributed by atoms with van der Waals surface area (Å²) in [5.41, 5.74) is 1.87. The highest BCUT2D eigenvalue weighted by atomic mass is 19.1. The molecule has 1 unspecified atom stereocenters. The fourth-order valence-corrected chi connectivity index (χ4v) is 3.21. The Labute approximate surface area is 158 Å². The third-order valence-electron chi connectivity index (χ3n) is 4.72. The maximum Gasteiger partial charge on any atom is 0.257 e. The number of nitrogens with zero attached hydrogens (tertiary/aromatic N) is 2. The van der Waals surface area contributed by atoms with Gasteiger partial charge in [0.25, 0.3) is 5.91 Å². The summed E-state index contributed by atoms with van der Waals surface area (Å²) in [6, 6.07) is 10.9. The molecular formula is C21H24F2N2O2. The topological polar surface area (TPSA) is 32.8 Å². The highest BCUT2D eigenvalue weighted by Gasteiger charge is 2.25. The maximum atomic E-state index is 14.1. The summed E-state index contributed by atoms with van der Waals surface area (Å²) in [6.45, 7) is 1.39. The van der Waals surface area contributed by atoms with Gasteiger partial charge in [-0.25, -0.2) is 8.78 Å². The third-order valence-corrected chi connectivity index (χ3v) is 4.72. The number of rotatable bonds is 6. The van der Waals surface area contributed by atoms with Crippen LogP contribution in [0.5, 0.6) is 0 Å². The third kappa shape index (κ3) is 4.83. The molecule has 1 saturated heterocycles. The van der Waals surface area contributed by atoms with Crippen LogP contribution in [0, 0.1) is 11.6 Å². The minimum absolute atomic E-state index is 0.0569. The van der Waals surface area contributed by atoms with Gasteiger partial charge in [-0.15, -0.1) is 0 Å². The second kappa shape index (κ2) is 8.48. The van der Waals surface area contributed by atoms with Crippen molar-refractivity contribution >= 4 is 11.6 Å². The number of halogens is 2. The molecule has 0 aromatic heterocycles. The van der Waals surface area contributed by atoms with Gasteiger partial charge in [-0.1, -0.05) is 12.1 Å². The molecule has 2 aromatic carbocycles. The zero-order valence-corrected chi connectivity index (χ0v) is 15.6. The minimum Gasteiger partial charge on any atom is -0.378 e. The van der Waals surface area contributed by atoms with Crippen LogP contribution in [-0.2, 0) is 11.3 Å². The molecule has 0 bridgehead atoms. The molecule has 144 valence electrons. The molecule has 1 aliphatic heterocycles. The zero-order valence-electron chi connectivity index (χ0n) is 15.6. The quantitative estimate of drug-likeness (QED) is 0.770. The Kier molecular flexibility index (Phi) is 6.06. The number of ether oxygens (including phenoxy) is 1. The van der Waals surface area contributed by atoms with Gasteiger partial charge >= 0.3 is 0 Å². The summed E-state index contributed by atoms with van der Waals surface area (Å²) in [7, 11) is 3.92. The predicted octanol–water partition coefficient (Wildman–Crippen LogP) is 3.85. The molecule has 1 amide bonds. The van der Waals surface area contributed by atoms with Crippen LogP contribution >= 0.6 is 0 Å². The van der Waals surface area contributed by atoms with Crippen molar-refractivity contribution in [2.24, 2.45) is 0 Å². The van der Waals surface area contributed by atoms with E-state index in [1.165, 1.54) is 6.07 Å². The summed E-state index contributed by atoms with van der Waals surface area (Å²) in [5, 5.41) is 0. The van der Waals surface area contributed by atoms with Crippen LogP contribution in [0.1, 0.15) is 28.8 Å². The van der Waals surface area contributed by atoms with Crippen molar-refractivity contribution in [2.75, 3.05) is 32.1 Å². The molecule has 1 fully saturated rings. The fraction of sp³-hybridized carbons (Fsp3) is 0.381. The van der Waals surface area contributed by atoms with Gasteiger partial charge in [0.05, 0.1) is 11.7 Å². The van der Waals surface area contributed by atoms with E-state index >= 15 is 0 Å². The van der Waals surface area contributed by atoms with E-state index in [1.54, 1.807) is 4.90 Å². The van der Waals surface area contributed by atoms with Crippen LogP contribution in [0.25, 0.3) is 0 Å². The van der Waals surface area contributed by atoms with Gasteiger partial charge in [-0.2, -0.15) is 0 Å². The van der Waals surface area contributed by atoms with E-state index in [9.17, 15) is 13.6 Å². The van der Waals surface area contributed by atoms with Crippen LogP contribution in [0.3, 0.4) is 0 Å². The van der Waals surface area contributed by atoms with Gasteiger partial charge < -0.3 is 14.5 Å². The Balaban J connectivity index is 1.82. The van der Waals surface area contributed by atoms with Gasteiger partial charge in [0.2, 0.25) is 0 Å². The van der Waals surface area contributed by atoms with Gasteiger partial charge in [0.15, 0.2) is 0 Å². The molecular weight excluding hydrogens is 350 g/mol. The van der Waals surface area contributed by atoms with E-state index < -0.39 is 17.5 Å². The van der Waals surface area contributed by atoms with E-state index in [0.717, 1.165) is 36.2 Å². The first-order valence-electron chi connectivity index (χ1n) is 9.06. The second-order valence-electron chi connectivity index (χ2n) is 7.01. The van der Waals surface area contributed by atoms with Crippen molar-refractivity contribution in [3.05, 3.63) is 65.2 Å². The van der Waals surface area contributed by atoms with Crippen molar-refractivity contribution in [2.45, 2.75) is 25.5 Å². The van der Waals surface area contributed by atoms with Crippen molar-refractivity contribution in [3.8, 4) is 0 Å². The highest BCUT2D eigenvalue weighted by Crippen LogP contribution is 2.20. The smallest absolute Gasteiger partial charge is 0.257 e. The molecule has 4 nitrogen and oxygen atoms in total. The number of benzene rings is 2. The molecule has 1 aliphatic rings. The molecule has 1 atom stereocenters. The van der Waals surface area contributed by atoms with E-state index in [2.05, 4.69) is 0 Å². The zero-order chi connectivity index (χ0) is 19.4. The number of hydrogen-bond donors (Lipinski definition) is 0. The van der Waals surface area contributed by atoms with Gasteiger partial charge in [0.1, 0.15) is 11.6 Å². The molecule has 27 heavy (non-hydrogen) atoms. The van der Waals surface area contributed by atoms with Crippen molar-refractivity contribution in [1.29, 1.82) is 0 Å². The number of hydrogen-bond acceptors (Lipinski definition) is 3. The monoisotopic (exact) mass is 374 g/mol. The summed E-state index contributed by atoms with van der Waals surface area (Å²) < 4.78 is 33.0. The number of anilines is 1. The van der Waals surface area contributed by atoms with Crippen LogP contribution in [0.2, 0.25) is 0 Å². The molecule has 0 radical (unpaired) electrons. The van der Waals surface area contributed by atoms with E-state index in [-0.39, 0.29) is 11.7 Å². The number of carbonyl (C=O) groups is 1. The summed E-state index contributed by atoms with van der Waals surface area (Å²) >= 11 is 0. The summed E-state index contributed by atoms with van der Waals surface area (Å²) in [5.74, 6) is -2.01. The first kappa shape index (κ1) is 19.3. The predicted molar refractivity (Wildman–Crippen MR) is 101 cm³/mol. The number of carbonyl (C=O) groups excluding carboxylic acids is 1. The molecule has 2 aromatic rings. The molecule has 0 spiro atoms. The molecule has 1 heterocycles. The lowest BCUT2D eigenvalue weighted by atomic mass is 10.1. The Hall–Kier alpha value is -2.47. The first-order valence-corrected chi connectivity index (χ1v) is 9.06. The van der Waals surface area contributed by atoms with Crippen LogP contribution in [0.4, 0.5) is 14.5 Å². The van der Waals surface area contributed by atoms with Crippen molar-refractivity contribution < 1.29 is 18.3 Å². The summed E-state index contributed by atoms with van der Waals surface area (Å²) in [4.78, 5) is 16.5. The molecule has 6 heteroatoms.